The van der Waals surface area contributed by atoms with Crippen molar-refractivity contribution in [2.45, 2.75) is 17.9 Å². The Kier molecular flexibility index (Phi) is 21.9. The van der Waals surface area contributed by atoms with E-state index in [2.05, 4.69) is 0 Å². The van der Waals surface area contributed by atoms with Gasteiger partial charge in [0.15, 0.2) is 0 Å². The van der Waals surface area contributed by atoms with E-state index in [-0.39, 0.29) is 118 Å². The van der Waals surface area contributed by atoms with Crippen molar-refractivity contribution in [1.29, 1.82) is 0 Å². The average molecular weight is 385 g/mol. The maximum Gasteiger partial charge on any atom is 1.00 e. The summed E-state index contributed by atoms with van der Waals surface area (Å²) in [7, 11) is -10.5. The molecule has 0 aliphatic heterocycles. The summed E-state index contributed by atoms with van der Waals surface area (Å²) in [5.74, 6) is 0. The quantitative estimate of drug-likeness (QED) is 0.337. The molecule has 1 rings (SSSR count). The van der Waals surface area contributed by atoms with Crippen LogP contribution >= 0.6 is 15.2 Å². The second kappa shape index (κ2) is 14.5. The topological polar surface area (TPSA) is 147 Å². The summed E-state index contributed by atoms with van der Waals surface area (Å²) in [4.78, 5) is 39.5. The number of rotatable bonds is 5. The van der Waals surface area contributed by atoms with Gasteiger partial charge in [-0.15, -0.1) is 0 Å². The van der Waals surface area contributed by atoms with Gasteiger partial charge in [0.25, 0.3) is 0 Å². The Labute approximate surface area is 218 Å². The van der Waals surface area contributed by atoms with Gasteiger partial charge in [0.05, 0.1) is 5.40 Å². The average Bonchev–Trinajstić information content (AvgIpc) is 2.23. The summed E-state index contributed by atoms with van der Waals surface area (Å²) in [5, 5.41) is -2.29. The fourth-order valence-electron chi connectivity index (χ4n) is 1.51. The summed E-state index contributed by atoms with van der Waals surface area (Å²) in [6.07, 6.45) is -0.613. The van der Waals surface area contributed by atoms with Gasteiger partial charge >= 0.3 is 59.1 Å². The first-order chi connectivity index (χ1) is 8.12. The zero-order valence-electron chi connectivity index (χ0n) is 13.2. The third-order valence-corrected chi connectivity index (χ3v) is 6.13. The largest absolute Gasteiger partial charge is 1.00 e. The minimum Gasteiger partial charge on any atom is -0.778 e. The molecular weight excluding hydrogens is 372 g/mol. The Morgan fingerprint density at radius 3 is 1.68 bits per heavy atom. The number of benzene rings is 1. The monoisotopic (exact) mass is 385 g/mol. The Balaban J connectivity index is -0.000000405. The Bertz CT molecular complexity index is 474. The third kappa shape index (κ3) is 12.0. The molecule has 2 radical (unpaired) electrons. The summed E-state index contributed by atoms with van der Waals surface area (Å²) in [6, 6.07) is 7.25. The van der Waals surface area contributed by atoms with Crippen LogP contribution in [0, 0.1) is 0 Å². The van der Waals surface area contributed by atoms with Crippen molar-refractivity contribution in [1.82, 2.24) is 0 Å². The minimum atomic E-state index is -5.23. The maximum absolute atomic E-state index is 10.9. The Morgan fingerprint density at radius 1 is 1.00 bits per heavy atom. The summed E-state index contributed by atoms with van der Waals surface area (Å²) in [6.45, 7) is 0. The second-order valence-electron chi connectivity index (χ2n) is 3.86. The first kappa shape index (κ1) is 33.1. The standard InChI is InChI=1S/C9H15NO6P2.4Na/c10-8(7-4-2-1-3-5-7)6-9(17(11,12)13)18(14,15)16;;;;/h1-5,8-9H,6,10H2,(H2,11,12,13)(H2,14,15,16);;;;/q;;;2*+1/p-2. The minimum absolute atomic E-state index is 0. The Hall–Kier alpha value is 3.48. The molecular formula is C9H13NNa4O6P2. The van der Waals surface area contributed by atoms with Crippen molar-refractivity contribution in [3.05, 3.63) is 35.9 Å². The fourth-order valence-corrected chi connectivity index (χ4v) is 3.98. The van der Waals surface area contributed by atoms with Crippen molar-refractivity contribution in [2.24, 2.45) is 5.73 Å². The van der Waals surface area contributed by atoms with Crippen LogP contribution in [0.5, 0.6) is 0 Å². The zero-order valence-corrected chi connectivity index (χ0v) is 23.0. The van der Waals surface area contributed by atoms with E-state index < -0.39 is 33.1 Å². The predicted molar refractivity (Wildman–Crippen MR) is 72.9 cm³/mol. The maximum atomic E-state index is 10.9. The third-order valence-electron chi connectivity index (χ3n) is 2.45. The van der Waals surface area contributed by atoms with Gasteiger partial charge in [0.2, 0.25) is 0 Å². The van der Waals surface area contributed by atoms with Gasteiger partial charge in [-0.2, -0.15) is 0 Å². The first-order valence-corrected chi connectivity index (χ1v) is 8.29. The van der Waals surface area contributed by atoms with Crippen LogP contribution in [0.15, 0.2) is 30.3 Å². The molecule has 1 aromatic carbocycles. The SMILES string of the molecule is NC(CC(P(=O)([O-])O)P(=O)([O-])O)c1ccccc1.[Na+].[Na+].[Na].[Na]. The molecule has 0 aliphatic rings. The van der Waals surface area contributed by atoms with Crippen LogP contribution in [0.1, 0.15) is 18.0 Å². The normalized spacial score (nSPS) is 17.7. The van der Waals surface area contributed by atoms with E-state index in [0.717, 1.165) is 0 Å². The molecule has 0 aromatic heterocycles. The molecule has 1 aromatic rings. The molecule has 0 fully saturated rings. The Morgan fingerprint density at radius 2 is 1.36 bits per heavy atom. The fraction of sp³-hybridized carbons (Fsp3) is 0.333. The van der Waals surface area contributed by atoms with Gasteiger partial charge in [0, 0.05) is 65.2 Å². The molecule has 3 atom stereocenters. The molecule has 3 unspecified atom stereocenters. The van der Waals surface area contributed by atoms with E-state index in [0.29, 0.717) is 5.56 Å². The van der Waals surface area contributed by atoms with Crippen LogP contribution in [-0.4, -0.2) is 74.3 Å². The van der Waals surface area contributed by atoms with Crippen molar-refractivity contribution in [2.75, 3.05) is 0 Å². The van der Waals surface area contributed by atoms with E-state index in [9.17, 15) is 18.9 Å². The molecule has 22 heavy (non-hydrogen) atoms. The molecule has 4 N–H and O–H groups in total. The van der Waals surface area contributed by atoms with Crippen LogP contribution < -0.4 is 74.6 Å². The second-order valence-corrected chi connectivity index (χ2v) is 7.77. The molecule has 0 amide bonds. The zero-order chi connectivity index (χ0) is 14.0. The molecule has 7 nitrogen and oxygen atoms in total. The number of nitrogens with two attached hydrogens (primary N) is 1. The summed E-state index contributed by atoms with van der Waals surface area (Å²) < 4.78 is 21.9. The van der Waals surface area contributed by atoms with E-state index in [4.69, 9.17) is 15.5 Å². The van der Waals surface area contributed by atoms with E-state index in [1.54, 1.807) is 30.3 Å². The first-order valence-electron chi connectivity index (χ1n) is 5.00. The molecule has 0 heterocycles. The summed E-state index contributed by atoms with van der Waals surface area (Å²) in [5.41, 5.74) is 6.15. The van der Waals surface area contributed by atoms with Crippen LogP contribution in [0.3, 0.4) is 0 Å². The van der Waals surface area contributed by atoms with Crippen LogP contribution in [0.2, 0.25) is 0 Å². The van der Waals surface area contributed by atoms with Gasteiger partial charge in [-0.1, -0.05) is 30.3 Å². The van der Waals surface area contributed by atoms with Crippen molar-refractivity contribution in [3.8, 4) is 0 Å². The predicted octanol–water partition coefficient (Wildman–Crippen LogP) is -7.26. The van der Waals surface area contributed by atoms with Gasteiger partial charge < -0.3 is 34.4 Å². The number of hydrogen-bond donors (Lipinski definition) is 3. The number of hydrogen-bond acceptors (Lipinski definition) is 5. The molecule has 0 spiro atoms. The van der Waals surface area contributed by atoms with Crippen molar-refractivity contribution < 1.29 is 87.8 Å². The molecule has 0 bridgehead atoms. The van der Waals surface area contributed by atoms with Crippen LogP contribution in [0.4, 0.5) is 0 Å². The molecule has 104 valence electrons. The van der Waals surface area contributed by atoms with Crippen molar-refractivity contribution in [3.63, 3.8) is 0 Å². The molecule has 0 saturated heterocycles. The van der Waals surface area contributed by atoms with Crippen molar-refractivity contribution >= 4 is 74.3 Å². The van der Waals surface area contributed by atoms with Crippen LogP contribution in [0.25, 0.3) is 0 Å². The molecule has 0 aliphatic carbocycles. The smallest absolute Gasteiger partial charge is 0.778 e. The summed E-state index contributed by atoms with van der Waals surface area (Å²) >= 11 is 0. The van der Waals surface area contributed by atoms with E-state index in [1.165, 1.54) is 0 Å². The van der Waals surface area contributed by atoms with E-state index in [1.807, 2.05) is 0 Å². The van der Waals surface area contributed by atoms with E-state index >= 15 is 0 Å². The van der Waals surface area contributed by atoms with Crippen LogP contribution in [-0.2, 0) is 9.13 Å². The van der Waals surface area contributed by atoms with Gasteiger partial charge in [0.1, 0.15) is 15.2 Å². The molecule has 0 saturated carbocycles. The van der Waals surface area contributed by atoms with Gasteiger partial charge in [-0.25, -0.2) is 0 Å². The molecule has 13 heteroatoms. The van der Waals surface area contributed by atoms with Gasteiger partial charge in [-0.3, -0.25) is 0 Å². The van der Waals surface area contributed by atoms with Gasteiger partial charge in [-0.05, 0) is 12.0 Å².